The van der Waals surface area contributed by atoms with E-state index in [1.165, 1.54) is 18.2 Å². The van der Waals surface area contributed by atoms with Gasteiger partial charge in [-0.25, -0.2) is 4.39 Å². The molecule has 0 bridgehead atoms. The Morgan fingerprint density at radius 2 is 2.20 bits per heavy atom. The zero-order valence-corrected chi connectivity index (χ0v) is 9.37. The van der Waals surface area contributed by atoms with E-state index in [9.17, 15) is 9.18 Å². The summed E-state index contributed by atoms with van der Waals surface area (Å²) >= 11 is 3.16. The average molecular weight is 277 g/mol. The van der Waals surface area contributed by atoms with Crippen molar-refractivity contribution in [2.24, 2.45) is 0 Å². The van der Waals surface area contributed by atoms with Gasteiger partial charge < -0.3 is 10.2 Å². The molecule has 1 aromatic rings. The number of aliphatic carboxylic acids is 1. The van der Waals surface area contributed by atoms with Gasteiger partial charge in [-0.3, -0.25) is 4.79 Å². The third-order valence-electron chi connectivity index (χ3n) is 2.04. The Labute approximate surface area is 94.7 Å². The molecule has 0 saturated heterocycles. The molecule has 0 aliphatic heterocycles. The van der Waals surface area contributed by atoms with E-state index in [0.29, 0.717) is 4.47 Å². The molecule has 1 unspecified atom stereocenters. The molecule has 15 heavy (non-hydrogen) atoms. The maximum Gasteiger partial charge on any atom is 0.304 e. The lowest BCUT2D eigenvalue weighted by atomic mass is 9.96. The van der Waals surface area contributed by atoms with E-state index in [1.54, 1.807) is 0 Å². The Hall–Kier alpha value is -0.940. The Bertz CT molecular complexity index is 368. The molecule has 0 heterocycles. The number of aliphatic hydroxyl groups excluding tert-OH is 1. The van der Waals surface area contributed by atoms with Crippen molar-refractivity contribution in [1.82, 2.24) is 0 Å². The second-order valence-electron chi connectivity index (χ2n) is 3.14. The molecular weight excluding hydrogens is 267 g/mol. The summed E-state index contributed by atoms with van der Waals surface area (Å²) in [5.41, 5.74) is 0.217. The lowest BCUT2D eigenvalue weighted by Crippen LogP contribution is -2.11. The van der Waals surface area contributed by atoms with Gasteiger partial charge in [-0.1, -0.05) is 15.9 Å². The van der Waals surface area contributed by atoms with Crippen molar-refractivity contribution in [3.8, 4) is 0 Å². The molecule has 5 heteroatoms. The van der Waals surface area contributed by atoms with Crippen LogP contribution in [0.15, 0.2) is 22.7 Å². The van der Waals surface area contributed by atoms with Crippen LogP contribution >= 0.6 is 15.9 Å². The first kappa shape index (κ1) is 12.1. The number of hydrogen-bond acceptors (Lipinski definition) is 2. The number of aliphatic hydroxyl groups is 1. The molecule has 0 amide bonds. The summed E-state index contributed by atoms with van der Waals surface area (Å²) in [4.78, 5) is 10.5. The van der Waals surface area contributed by atoms with Gasteiger partial charge in [-0.05, 0) is 23.8 Å². The monoisotopic (exact) mass is 276 g/mol. The van der Waals surface area contributed by atoms with Crippen molar-refractivity contribution in [2.45, 2.75) is 12.3 Å². The van der Waals surface area contributed by atoms with Crippen molar-refractivity contribution in [1.29, 1.82) is 0 Å². The van der Waals surface area contributed by atoms with Crippen LogP contribution in [0.5, 0.6) is 0 Å². The molecule has 0 fully saturated rings. The van der Waals surface area contributed by atoms with E-state index < -0.39 is 17.7 Å². The van der Waals surface area contributed by atoms with Gasteiger partial charge in [-0.2, -0.15) is 0 Å². The van der Waals surface area contributed by atoms with Gasteiger partial charge in [-0.15, -0.1) is 0 Å². The first-order chi connectivity index (χ1) is 7.04. The Kier molecular flexibility index (Phi) is 4.23. The maximum absolute atomic E-state index is 13.3. The first-order valence-corrected chi connectivity index (χ1v) is 5.11. The SMILES string of the molecule is O=C(O)CC(CO)c1cc(Br)ccc1F. The van der Waals surface area contributed by atoms with E-state index in [4.69, 9.17) is 10.2 Å². The molecule has 0 radical (unpaired) electrons. The average Bonchev–Trinajstić information content (AvgIpc) is 2.18. The van der Waals surface area contributed by atoms with E-state index in [0.717, 1.165) is 0 Å². The molecule has 0 aromatic heterocycles. The minimum Gasteiger partial charge on any atom is -0.481 e. The highest BCUT2D eigenvalue weighted by Gasteiger charge is 2.18. The van der Waals surface area contributed by atoms with Gasteiger partial charge in [0, 0.05) is 10.4 Å². The van der Waals surface area contributed by atoms with Gasteiger partial charge >= 0.3 is 5.97 Å². The van der Waals surface area contributed by atoms with Gasteiger partial charge in [0.05, 0.1) is 13.0 Å². The number of benzene rings is 1. The van der Waals surface area contributed by atoms with Gasteiger partial charge in [0.2, 0.25) is 0 Å². The van der Waals surface area contributed by atoms with E-state index in [1.807, 2.05) is 0 Å². The number of rotatable bonds is 4. The van der Waals surface area contributed by atoms with Crippen LogP contribution in [0.1, 0.15) is 17.9 Å². The molecular formula is C10H10BrFO3. The Morgan fingerprint density at radius 3 is 2.73 bits per heavy atom. The van der Waals surface area contributed by atoms with Crippen molar-refractivity contribution < 1.29 is 19.4 Å². The standard InChI is InChI=1S/C10H10BrFO3/c11-7-1-2-9(12)8(4-7)6(5-13)3-10(14)15/h1-2,4,6,13H,3,5H2,(H,14,15). The molecule has 1 rings (SSSR count). The Balaban J connectivity index is 3.00. The molecule has 3 nitrogen and oxygen atoms in total. The van der Waals surface area contributed by atoms with Crippen LogP contribution in [-0.2, 0) is 4.79 Å². The second kappa shape index (κ2) is 5.23. The fourth-order valence-electron chi connectivity index (χ4n) is 1.31. The predicted molar refractivity (Wildman–Crippen MR) is 56.2 cm³/mol. The normalized spacial score (nSPS) is 12.5. The Morgan fingerprint density at radius 1 is 1.53 bits per heavy atom. The highest BCUT2D eigenvalue weighted by atomic mass is 79.9. The molecule has 0 saturated carbocycles. The van der Waals surface area contributed by atoms with Crippen LogP contribution in [0.3, 0.4) is 0 Å². The topological polar surface area (TPSA) is 57.5 Å². The summed E-state index contributed by atoms with van der Waals surface area (Å²) in [6, 6.07) is 4.25. The lowest BCUT2D eigenvalue weighted by Gasteiger charge is -2.13. The van der Waals surface area contributed by atoms with Crippen LogP contribution in [0, 0.1) is 5.82 Å². The summed E-state index contributed by atoms with van der Waals surface area (Å²) in [5.74, 6) is -2.27. The van der Waals surface area contributed by atoms with Crippen molar-refractivity contribution >= 4 is 21.9 Å². The number of halogens is 2. The van der Waals surface area contributed by atoms with Crippen LogP contribution in [0.25, 0.3) is 0 Å². The summed E-state index contributed by atoms with van der Waals surface area (Å²) in [5, 5.41) is 17.6. The quantitative estimate of drug-likeness (QED) is 0.886. The van der Waals surface area contributed by atoms with Crippen LogP contribution in [0.2, 0.25) is 0 Å². The number of carbonyl (C=O) groups is 1. The molecule has 0 spiro atoms. The van der Waals surface area contributed by atoms with Crippen molar-refractivity contribution in [3.63, 3.8) is 0 Å². The second-order valence-corrected chi connectivity index (χ2v) is 4.06. The third-order valence-corrected chi connectivity index (χ3v) is 2.53. The predicted octanol–water partition coefficient (Wildman–Crippen LogP) is 2.14. The molecule has 1 aromatic carbocycles. The van der Waals surface area contributed by atoms with Crippen molar-refractivity contribution in [2.75, 3.05) is 6.61 Å². The zero-order valence-electron chi connectivity index (χ0n) is 7.78. The summed E-state index contributed by atoms with van der Waals surface area (Å²) < 4.78 is 14.0. The number of carboxylic acids is 1. The fraction of sp³-hybridized carbons (Fsp3) is 0.300. The van der Waals surface area contributed by atoms with E-state index >= 15 is 0 Å². The van der Waals surface area contributed by atoms with Crippen LogP contribution < -0.4 is 0 Å². The first-order valence-electron chi connectivity index (χ1n) is 4.32. The van der Waals surface area contributed by atoms with Crippen molar-refractivity contribution in [3.05, 3.63) is 34.1 Å². The summed E-state index contributed by atoms with van der Waals surface area (Å²) in [7, 11) is 0. The number of carboxylic acid groups (broad SMARTS) is 1. The van der Waals surface area contributed by atoms with E-state index in [-0.39, 0.29) is 18.6 Å². The van der Waals surface area contributed by atoms with Gasteiger partial charge in [0.15, 0.2) is 0 Å². The molecule has 0 aliphatic carbocycles. The number of hydrogen-bond donors (Lipinski definition) is 2. The van der Waals surface area contributed by atoms with Gasteiger partial charge in [0.1, 0.15) is 5.82 Å². The molecule has 0 aliphatic rings. The summed E-state index contributed by atoms with van der Waals surface area (Å²) in [6.07, 6.45) is -0.288. The smallest absolute Gasteiger partial charge is 0.304 e. The summed E-state index contributed by atoms with van der Waals surface area (Å²) in [6.45, 7) is -0.389. The molecule has 1 atom stereocenters. The lowest BCUT2D eigenvalue weighted by molar-refractivity contribution is -0.137. The van der Waals surface area contributed by atoms with Crippen LogP contribution in [0.4, 0.5) is 4.39 Å². The fourth-order valence-corrected chi connectivity index (χ4v) is 1.69. The molecule has 82 valence electrons. The largest absolute Gasteiger partial charge is 0.481 e. The maximum atomic E-state index is 13.3. The van der Waals surface area contributed by atoms with Crippen LogP contribution in [-0.4, -0.2) is 22.8 Å². The van der Waals surface area contributed by atoms with E-state index in [2.05, 4.69) is 15.9 Å². The highest BCUT2D eigenvalue weighted by Crippen LogP contribution is 2.25. The minimum atomic E-state index is -1.06. The zero-order chi connectivity index (χ0) is 11.4. The molecule has 2 N–H and O–H groups in total. The minimum absolute atomic E-state index is 0.217. The van der Waals surface area contributed by atoms with Gasteiger partial charge in [0.25, 0.3) is 0 Å². The highest BCUT2D eigenvalue weighted by molar-refractivity contribution is 9.10. The third kappa shape index (κ3) is 3.28.